The van der Waals surface area contributed by atoms with Gasteiger partial charge in [0.05, 0.1) is 29.4 Å². The highest BCUT2D eigenvalue weighted by molar-refractivity contribution is 7.91. The lowest BCUT2D eigenvalue weighted by Gasteiger charge is -2.11. The van der Waals surface area contributed by atoms with Gasteiger partial charge in [0.1, 0.15) is 0 Å². The maximum atomic E-state index is 11.8. The van der Waals surface area contributed by atoms with Gasteiger partial charge in [0, 0.05) is 12.6 Å². The molecule has 0 bridgehead atoms. The quantitative estimate of drug-likeness (QED) is 0.816. The van der Waals surface area contributed by atoms with Gasteiger partial charge in [0.2, 0.25) is 0 Å². The molecule has 20 heavy (non-hydrogen) atoms. The second-order valence-electron chi connectivity index (χ2n) is 5.50. The molecule has 1 aromatic rings. The van der Waals surface area contributed by atoms with E-state index >= 15 is 0 Å². The molecule has 0 atom stereocenters. The van der Waals surface area contributed by atoms with E-state index in [2.05, 4.69) is 24.3 Å². The molecule has 1 N–H and O–H groups in total. The Labute approximate surface area is 120 Å². The van der Waals surface area contributed by atoms with E-state index in [1.54, 1.807) is 20.0 Å². The molecule has 7 heteroatoms. The highest BCUT2D eigenvalue weighted by Gasteiger charge is 2.16. The average Bonchev–Trinajstić information content (AvgIpc) is 2.35. The number of aryl methyl sites for hydroxylation is 1. The summed E-state index contributed by atoms with van der Waals surface area (Å²) in [5, 5.41) is 6.66. The Kier molecular flexibility index (Phi) is 5.74. The number of nitrogens with zero attached hydrogens (tertiary/aromatic N) is 2. The van der Waals surface area contributed by atoms with E-state index in [4.69, 9.17) is 0 Å². The molecule has 0 saturated carbocycles. The first kappa shape index (κ1) is 16.7. The van der Waals surface area contributed by atoms with Crippen molar-refractivity contribution >= 4 is 15.5 Å². The first-order valence-corrected chi connectivity index (χ1v) is 8.46. The van der Waals surface area contributed by atoms with Crippen molar-refractivity contribution in [2.24, 2.45) is 5.92 Å². The highest BCUT2D eigenvalue weighted by Crippen LogP contribution is 2.03. The van der Waals surface area contributed by atoms with Crippen molar-refractivity contribution in [3.8, 4) is 0 Å². The maximum absolute atomic E-state index is 11.8. The summed E-state index contributed by atoms with van der Waals surface area (Å²) in [4.78, 5) is 11.8. The van der Waals surface area contributed by atoms with Gasteiger partial charge < -0.3 is 5.32 Å². The lowest BCUT2D eigenvalue weighted by Crippen LogP contribution is -2.28. The van der Waals surface area contributed by atoms with Crippen LogP contribution in [0.3, 0.4) is 0 Å². The lowest BCUT2D eigenvalue weighted by molar-refractivity contribution is 0.564. The van der Waals surface area contributed by atoms with E-state index in [9.17, 15) is 13.2 Å². The van der Waals surface area contributed by atoms with Crippen molar-refractivity contribution in [1.29, 1.82) is 0 Å². The molecule has 0 fully saturated rings. The summed E-state index contributed by atoms with van der Waals surface area (Å²) < 4.78 is 24.6. The van der Waals surface area contributed by atoms with Crippen molar-refractivity contribution in [3.05, 3.63) is 22.6 Å². The van der Waals surface area contributed by atoms with E-state index < -0.39 is 15.1 Å². The summed E-state index contributed by atoms with van der Waals surface area (Å²) in [5.74, 6) is 0.393. The molecule has 0 saturated heterocycles. The molecule has 114 valence electrons. The molecule has 0 radical (unpaired) electrons. The molecule has 0 aromatic carbocycles. The van der Waals surface area contributed by atoms with Crippen LogP contribution in [0.1, 0.15) is 27.7 Å². The van der Waals surface area contributed by atoms with Crippen LogP contribution < -0.4 is 10.9 Å². The van der Waals surface area contributed by atoms with Gasteiger partial charge in [-0.05, 0) is 19.8 Å². The smallest absolute Gasteiger partial charge is 0.268 e. The molecule has 1 aromatic heterocycles. The SMILES string of the molecule is CC(C)CNc1cnn(CCS(=O)(=O)C(C)C)c(=O)c1. The standard InChI is InChI=1S/C13H23N3O3S/c1-10(2)8-14-12-7-13(17)16(15-9-12)5-6-20(18,19)11(3)4/h7,9-11,14H,5-6,8H2,1-4H3. The average molecular weight is 301 g/mol. The van der Waals surface area contributed by atoms with Crippen molar-refractivity contribution in [3.63, 3.8) is 0 Å². The summed E-state index contributed by atoms with van der Waals surface area (Å²) in [6.45, 7) is 8.24. The third kappa shape index (κ3) is 4.96. The lowest BCUT2D eigenvalue weighted by atomic mass is 10.2. The Morgan fingerprint density at radius 1 is 1.30 bits per heavy atom. The van der Waals surface area contributed by atoms with Crippen molar-refractivity contribution in [1.82, 2.24) is 9.78 Å². The summed E-state index contributed by atoms with van der Waals surface area (Å²) in [6, 6.07) is 1.44. The third-order valence-corrected chi connectivity index (χ3v) is 5.08. The molecule has 0 aliphatic heterocycles. The molecular weight excluding hydrogens is 278 g/mol. The Morgan fingerprint density at radius 2 is 1.95 bits per heavy atom. The molecule has 6 nitrogen and oxygen atoms in total. The summed E-state index contributed by atoms with van der Waals surface area (Å²) in [5.41, 5.74) is 0.365. The van der Waals surface area contributed by atoms with Crippen LogP contribution in [0.15, 0.2) is 17.1 Å². The first-order chi connectivity index (χ1) is 9.22. The first-order valence-electron chi connectivity index (χ1n) is 6.75. The molecule has 0 amide bonds. The van der Waals surface area contributed by atoms with E-state index in [0.29, 0.717) is 11.6 Å². The van der Waals surface area contributed by atoms with E-state index in [0.717, 1.165) is 6.54 Å². The minimum Gasteiger partial charge on any atom is -0.383 e. The largest absolute Gasteiger partial charge is 0.383 e. The fourth-order valence-corrected chi connectivity index (χ4v) is 2.37. The summed E-state index contributed by atoms with van der Waals surface area (Å²) >= 11 is 0. The number of anilines is 1. The summed E-state index contributed by atoms with van der Waals surface area (Å²) in [7, 11) is -3.16. The number of rotatable bonds is 7. The van der Waals surface area contributed by atoms with Crippen LogP contribution in [-0.2, 0) is 16.4 Å². The molecule has 1 rings (SSSR count). The van der Waals surface area contributed by atoms with Crippen molar-refractivity contribution in [2.45, 2.75) is 39.5 Å². The van der Waals surface area contributed by atoms with Crippen LogP contribution in [0.5, 0.6) is 0 Å². The van der Waals surface area contributed by atoms with Crippen molar-refractivity contribution < 1.29 is 8.42 Å². The van der Waals surface area contributed by atoms with Gasteiger partial charge in [-0.2, -0.15) is 5.10 Å². The Hall–Kier alpha value is -1.37. The number of aromatic nitrogens is 2. The van der Waals surface area contributed by atoms with Gasteiger partial charge >= 0.3 is 0 Å². The van der Waals surface area contributed by atoms with Gasteiger partial charge in [-0.1, -0.05) is 13.8 Å². The van der Waals surface area contributed by atoms with Crippen LogP contribution in [0.25, 0.3) is 0 Å². The molecule has 0 unspecified atom stereocenters. The zero-order valence-electron chi connectivity index (χ0n) is 12.5. The van der Waals surface area contributed by atoms with Gasteiger partial charge in [-0.15, -0.1) is 0 Å². The van der Waals surface area contributed by atoms with Gasteiger partial charge in [0.15, 0.2) is 9.84 Å². The normalized spacial score (nSPS) is 12.1. The van der Waals surface area contributed by atoms with Crippen molar-refractivity contribution in [2.75, 3.05) is 17.6 Å². The fourth-order valence-electron chi connectivity index (χ4n) is 1.47. The molecular formula is C13H23N3O3S. The Bertz CT molecular complexity index is 591. The number of hydrogen-bond donors (Lipinski definition) is 1. The van der Waals surface area contributed by atoms with Crippen LogP contribution in [-0.4, -0.2) is 35.7 Å². The van der Waals surface area contributed by atoms with E-state index in [1.165, 1.54) is 10.7 Å². The second-order valence-corrected chi connectivity index (χ2v) is 8.17. The topological polar surface area (TPSA) is 81.1 Å². The van der Waals surface area contributed by atoms with Gasteiger partial charge in [-0.25, -0.2) is 13.1 Å². The van der Waals surface area contributed by atoms with E-state index in [-0.39, 0.29) is 17.9 Å². The fraction of sp³-hybridized carbons (Fsp3) is 0.692. The Morgan fingerprint density at radius 3 is 2.45 bits per heavy atom. The zero-order valence-corrected chi connectivity index (χ0v) is 13.3. The molecule has 0 aliphatic carbocycles. The predicted octanol–water partition coefficient (Wildman–Crippen LogP) is 1.13. The van der Waals surface area contributed by atoms with Crippen LogP contribution in [0.4, 0.5) is 5.69 Å². The van der Waals surface area contributed by atoms with Crippen LogP contribution in [0, 0.1) is 5.92 Å². The Balaban J connectivity index is 2.72. The van der Waals surface area contributed by atoms with Gasteiger partial charge in [-0.3, -0.25) is 4.79 Å². The highest BCUT2D eigenvalue weighted by atomic mass is 32.2. The molecule has 0 aliphatic rings. The van der Waals surface area contributed by atoms with Crippen LogP contribution >= 0.6 is 0 Å². The minimum absolute atomic E-state index is 0.0731. The van der Waals surface area contributed by atoms with Gasteiger partial charge in [0.25, 0.3) is 5.56 Å². The minimum atomic E-state index is -3.16. The molecule has 0 spiro atoms. The zero-order chi connectivity index (χ0) is 15.3. The number of sulfone groups is 1. The van der Waals surface area contributed by atoms with Crippen LogP contribution in [0.2, 0.25) is 0 Å². The molecule has 1 heterocycles. The summed E-state index contributed by atoms with van der Waals surface area (Å²) in [6.07, 6.45) is 1.55. The monoisotopic (exact) mass is 301 g/mol. The second kappa shape index (κ2) is 6.88. The van der Waals surface area contributed by atoms with E-state index in [1.807, 2.05) is 0 Å². The third-order valence-electron chi connectivity index (χ3n) is 2.89. The number of nitrogens with one attached hydrogen (secondary N) is 1. The predicted molar refractivity (Wildman–Crippen MR) is 80.7 cm³/mol. The maximum Gasteiger partial charge on any atom is 0.268 e. The number of hydrogen-bond acceptors (Lipinski definition) is 5.